The Morgan fingerprint density at radius 3 is 2.76 bits per heavy atom. The smallest absolute Gasteiger partial charge is 0.328 e. The molecule has 0 saturated heterocycles. The van der Waals surface area contributed by atoms with Gasteiger partial charge in [-0.05, 0) is 35.8 Å². The fourth-order valence-corrected chi connectivity index (χ4v) is 1.81. The van der Waals surface area contributed by atoms with E-state index in [1.807, 2.05) is 18.2 Å². The summed E-state index contributed by atoms with van der Waals surface area (Å²) in [6.45, 7) is 1.92. The number of carbonyl (C=O) groups is 1. The van der Waals surface area contributed by atoms with Crippen LogP contribution in [0, 0.1) is 12.7 Å². The minimum atomic E-state index is -1.01. The monoisotopic (exact) mass is 286 g/mol. The molecule has 2 aromatic carbocycles. The molecule has 0 radical (unpaired) electrons. The first-order chi connectivity index (χ1) is 10.1. The molecule has 2 rings (SSSR count). The molecule has 0 aliphatic carbocycles. The van der Waals surface area contributed by atoms with E-state index < -0.39 is 5.97 Å². The Labute approximate surface area is 122 Å². The van der Waals surface area contributed by atoms with Crippen molar-refractivity contribution < 1.29 is 19.0 Å². The number of carboxylic acid groups (broad SMARTS) is 1. The maximum Gasteiger partial charge on any atom is 0.328 e. The first kappa shape index (κ1) is 14.8. The van der Waals surface area contributed by atoms with Crippen LogP contribution in [0.3, 0.4) is 0 Å². The highest BCUT2D eigenvalue weighted by Gasteiger charge is 2.03. The summed E-state index contributed by atoms with van der Waals surface area (Å²) in [5.74, 6) is -0.881. The van der Waals surface area contributed by atoms with Crippen LogP contribution in [-0.4, -0.2) is 11.1 Å². The van der Waals surface area contributed by atoms with Crippen LogP contribution in [0.2, 0.25) is 0 Å². The molecule has 4 heteroatoms. The van der Waals surface area contributed by atoms with Crippen molar-refractivity contribution in [2.45, 2.75) is 13.5 Å². The van der Waals surface area contributed by atoms with Gasteiger partial charge in [0.1, 0.15) is 18.2 Å². The second-order valence-electron chi connectivity index (χ2n) is 4.57. The Morgan fingerprint density at radius 2 is 2.05 bits per heavy atom. The lowest BCUT2D eigenvalue weighted by molar-refractivity contribution is -0.131. The highest BCUT2D eigenvalue weighted by atomic mass is 19.1. The SMILES string of the molecule is Cc1ccc(OCc2ccccc2/C=C/C(=O)O)cc1F. The third-order valence-electron chi connectivity index (χ3n) is 3.00. The van der Waals surface area contributed by atoms with E-state index in [0.29, 0.717) is 11.3 Å². The number of hydrogen-bond acceptors (Lipinski definition) is 2. The summed E-state index contributed by atoms with van der Waals surface area (Å²) in [5.41, 5.74) is 2.15. The van der Waals surface area contributed by atoms with Crippen molar-refractivity contribution in [3.8, 4) is 5.75 Å². The molecule has 0 heterocycles. The van der Waals surface area contributed by atoms with Gasteiger partial charge in [-0.15, -0.1) is 0 Å². The third-order valence-corrected chi connectivity index (χ3v) is 3.00. The van der Waals surface area contributed by atoms with Crippen LogP contribution in [-0.2, 0) is 11.4 Å². The van der Waals surface area contributed by atoms with Gasteiger partial charge in [-0.1, -0.05) is 30.3 Å². The zero-order valence-corrected chi connectivity index (χ0v) is 11.5. The Bertz CT molecular complexity index is 677. The minimum Gasteiger partial charge on any atom is -0.489 e. The van der Waals surface area contributed by atoms with Crippen LogP contribution < -0.4 is 4.74 Å². The zero-order valence-electron chi connectivity index (χ0n) is 11.5. The Morgan fingerprint density at radius 1 is 1.29 bits per heavy atom. The highest BCUT2D eigenvalue weighted by molar-refractivity contribution is 5.85. The zero-order chi connectivity index (χ0) is 15.2. The second-order valence-corrected chi connectivity index (χ2v) is 4.57. The van der Waals surface area contributed by atoms with Gasteiger partial charge in [0.15, 0.2) is 0 Å². The number of halogens is 1. The quantitative estimate of drug-likeness (QED) is 0.850. The van der Waals surface area contributed by atoms with Crippen molar-refractivity contribution in [3.05, 3.63) is 71.0 Å². The van der Waals surface area contributed by atoms with Crippen molar-refractivity contribution in [1.29, 1.82) is 0 Å². The summed E-state index contributed by atoms with van der Waals surface area (Å²) in [6.07, 6.45) is 2.58. The van der Waals surface area contributed by atoms with Crippen molar-refractivity contribution in [2.75, 3.05) is 0 Å². The van der Waals surface area contributed by atoms with E-state index in [2.05, 4.69) is 0 Å². The van der Waals surface area contributed by atoms with Gasteiger partial charge in [0.05, 0.1) is 0 Å². The highest BCUT2D eigenvalue weighted by Crippen LogP contribution is 2.19. The minimum absolute atomic E-state index is 0.239. The normalized spacial score (nSPS) is 10.8. The molecule has 0 aliphatic rings. The lowest BCUT2D eigenvalue weighted by Gasteiger charge is -2.09. The van der Waals surface area contributed by atoms with Gasteiger partial charge in [0.2, 0.25) is 0 Å². The van der Waals surface area contributed by atoms with E-state index in [1.165, 1.54) is 12.1 Å². The van der Waals surface area contributed by atoms with Crippen LogP contribution >= 0.6 is 0 Å². The third kappa shape index (κ3) is 4.18. The van der Waals surface area contributed by atoms with E-state index in [9.17, 15) is 9.18 Å². The number of benzene rings is 2. The largest absolute Gasteiger partial charge is 0.489 e. The number of rotatable bonds is 5. The standard InChI is InChI=1S/C17H15FO3/c1-12-6-8-15(10-16(12)18)21-11-14-5-3-2-4-13(14)7-9-17(19)20/h2-10H,11H2,1H3,(H,19,20)/b9-7+. The predicted octanol–water partition coefficient (Wildman–Crippen LogP) is 3.81. The van der Waals surface area contributed by atoms with Gasteiger partial charge in [0.25, 0.3) is 0 Å². The number of hydrogen-bond donors (Lipinski definition) is 1. The number of aliphatic carboxylic acids is 1. The maximum absolute atomic E-state index is 13.4. The van der Waals surface area contributed by atoms with E-state index in [0.717, 1.165) is 17.2 Å². The number of carboxylic acids is 1. The first-order valence-corrected chi connectivity index (χ1v) is 6.44. The molecule has 0 unspecified atom stereocenters. The van der Waals surface area contributed by atoms with Crippen molar-refractivity contribution in [2.24, 2.45) is 0 Å². The van der Waals surface area contributed by atoms with Gasteiger partial charge >= 0.3 is 5.97 Å². The van der Waals surface area contributed by atoms with E-state index in [-0.39, 0.29) is 12.4 Å². The fraction of sp³-hybridized carbons (Fsp3) is 0.118. The molecular weight excluding hydrogens is 271 g/mol. The molecular formula is C17H15FO3. The second kappa shape index (κ2) is 6.70. The van der Waals surface area contributed by atoms with Crippen molar-refractivity contribution >= 4 is 12.0 Å². The first-order valence-electron chi connectivity index (χ1n) is 6.44. The predicted molar refractivity (Wildman–Crippen MR) is 78.6 cm³/mol. The maximum atomic E-state index is 13.4. The molecule has 108 valence electrons. The average Bonchev–Trinajstić information content (AvgIpc) is 2.47. The summed E-state index contributed by atoms with van der Waals surface area (Å²) in [6, 6.07) is 12.0. The van der Waals surface area contributed by atoms with Gasteiger partial charge in [0, 0.05) is 12.1 Å². The van der Waals surface area contributed by atoms with Crippen LogP contribution in [0.4, 0.5) is 4.39 Å². The van der Waals surface area contributed by atoms with Crippen LogP contribution in [0.1, 0.15) is 16.7 Å². The van der Waals surface area contributed by atoms with Gasteiger partial charge in [-0.25, -0.2) is 9.18 Å². The molecule has 0 saturated carbocycles. The summed E-state index contributed by atoms with van der Waals surface area (Å²) in [5, 5.41) is 8.67. The van der Waals surface area contributed by atoms with E-state index >= 15 is 0 Å². The molecule has 1 N–H and O–H groups in total. The summed E-state index contributed by atoms with van der Waals surface area (Å²) in [7, 11) is 0. The Balaban J connectivity index is 2.12. The average molecular weight is 286 g/mol. The molecule has 3 nitrogen and oxygen atoms in total. The summed E-state index contributed by atoms with van der Waals surface area (Å²) in [4.78, 5) is 10.6. The van der Waals surface area contributed by atoms with Gasteiger partial charge in [-0.3, -0.25) is 0 Å². The van der Waals surface area contributed by atoms with Crippen molar-refractivity contribution in [1.82, 2.24) is 0 Å². The molecule has 0 aromatic heterocycles. The molecule has 0 amide bonds. The van der Waals surface area contributed by atoms with Crippen molar-refractivity contribution in [3.63, 3.8) is 0 Å². The Hall–Kier alpha value is -2.62. The molecule has 0 aliphatic heterocycles. The molecule has 2 aromatic rings. The topological polar surface area (TPSA) is 46.5 Å². The molecule has 0 spiro atoms. The number of ether oxygens (including phenoxy) is 1. The van der Waals surface area contributed by atoms with Crippen LogP contribution in [0.5, 0.6) is 5.75 Å². The van der Waals surface area contributed by atoms with E-state index in [1.54, 1.807) is 25.1 Å². The Kier molecular flexibility index (Phi) is 4.72. The van der Waals surface area contributed by atoms with Crippen LogP contribution in [0.25, 0.3) is 6.08 Å². The lowest BCUT2D eigenvalue weighted by atomic mass is 10.1. The summed E-state index contributed by atoms with van der Waals surface area (Å²) >= 11 is 0. The molecule has 0 bridgehead atoms. The molecule has 0 fully saturated rings. The van der Waals surface area contributed by atoms with Gasteiger partial charge in [-0.2, -0.15) is 0 Å². The molecule has 0 atom stereocenters. The van der Waals surface area contributed by atoms with Crippen LogP contribution in [0.15, 0.2) is 48.5 Å². The summed E-state index contributed by atoms with van der Waals surface area (Å²) < 4.78 is 19.0. The number of aryl methyl sites for hydroxylation is 1. The van der Waals surface area contributed by atoms with E-state index in [4.69, 9.17) is 9.84 Å². The van der Waals surface area contributed by atoms with Gasteiger partial charge < -0.3 is 9.84 Å². The fourth-order valence-electron chi connectivity index (χ4n) is 1.81. The lowest BCUT2D eigenvalue weighted by Crippen LogP contribution is -1.99. The molecule has 21 heavy (non-hydrogen) atoms.